The summed E-state index contributed by atoms with van der Waals surface area (Å²) in [5.41, 5.74) is 6.40. The van der Waals surface area contributed by atoms with E-state index < -0.39 is 0 Å². The van der Waals surface area contributed by atoms with Crippen molar-refractivity contribution >= 4 is 11.6 Å². The average Bonchev–Trinajstić information content (AvgIpc) is 2.26. The first-order valence-electron chi connectivity index (χ1n) is 5.24. The lowest BCUT2D eigenvalue weighted by Crippen LogP contribution is -2.32. The Kier molecular flexibility index (Phi) is 4.72. The van der Waals surface area contributed by atoms with Crippen LogP contribution in [0.3, 0.4) is 0 Å². The molecule has 3 N–H and O–H groups in total. The number of nitrogens with two attached hydrogens (primary N) is 1. The summed E-state index contributed by atoms with van der Waals surface area (Å²) >= 11 is 0. The van der Waals surface area contributed by atoms with E-state index in [4.69, 9.17) is 10.5 Å². The minimum absolute atomic E-state index is 0.00462. The number of rotatable bonds is 5. The highest BCUT2D eigenvalue weighted by atomic mass is 16.5. The van der Waals surface area contributed by atoms with Crippen LogP contribution >= 0.6 is 0 Å². The molecule has 0 bridgehead atoms. The normalized spacial score (nSPS) is 12.1. The summed E-state index contributed by atoms with van der Waals surface area (Å²) in [6, 6.07) is 3.18. The summed E-state index contributed by atoms with van der Waals surface area (Å²) in [5.74, 6) is -0.237. The van der Waals surface area contributed by atoms with Crippen molar-refractivity contribution in [3.63, 3.8) is 0 Å². The number of nitrogens with one attached hydrogen (secondary N) is 1. The van der Waals surface area contributed by atoms with Crippen molar-refractivity contribution in [2.75, 3.05) is 18.9 Å². The number of ether oxygens (including phenoxy) is 1. The zero-order valence-corrected chi connectivity index (χ0v) is 9.56. The number of hydrogen-bond donors (Lipinski definition) is 2. The lowest BCUT2D eigenvalue weighted by Gasteiger charge is -2.12. The molecule has 0 aliphatic carbocycles. The van der Waals surface area contributed by atoms with Gasteiger partial charge in [-0.15, -0.1) is 0 Å². The molecule has 1 aromatic heterocycles. The van der Waals surface area contributed by atoms with E-state index in [0.717, 1.165) is 0 Å². The number of carbonyl (C=O) groups is 1. The fourth-order valence-corrected chi connectivity index (χ4v) is 1.24. The average molecular weight is 223 g/mol. The zero-order chi connectivity index (χ0) is 12.0. The molecule has 0 radical (unpaired) electrons. The molecule has 1 rings (SSSR count). The molecule has 1 amide bonds. The SMILES string of the molecule is CCOC(C)CNC(=O)c1cc(N)ccn1. The Hall–Kier alpha value is -1.62. The van der Waals surface area contributed by atoms with E-state index in [9.17, 15) is 4.79 Å². The lowest BCUT2D eigenvalue weighted by molar-refractivity contribution is 0.0693. The molecule has 1 atom stereocenters. The molecule has 0 saturated carbocycles. The first-order chi connectivity index (χ1) is 7.63. The van der Waals surface area contributed by atoms with E-state index in [1.165, 1.54) is 6.20 Å². The Balaban J connectivity index is 2.47. The summed E-state index contributed by atoms with van der Waals surface area (Å²) in [5, 5.41) is 2.73. The summed E-state index contributed by atoms with van der Waals surface area (Å²) in [6.07, 6.45) is 1.51. The highest BCUT2D eigenvalue weighted by Crippen LogP contribution is 2.02. The first-order valence-corrected chi connectivity index (χ1v) is 5.24. The van der Waals surface area contributed by atoms with Crippen molar-refractivity contribution < 1.29 is 9.53 Å². The Labute approximate surface area is 95.0 Å². The van der Waals surface area contributed by atoms with E-state index in [0.29, 0.717) is 24.5 Å². The molecule has 0 fully saturated rings. The van der Waals surface area contributed by atoms with Crippen LogP contribution in [0.15, 0.2) is 18.3 Å². The zero-order valence-electron chi connectivity index (χ0n) is 9.56. The van der Waals surface area contributed by atoms with Crippen LogP contribution in [0.4, 0.5) is 5.69 Å². The Morgan fingerprint density at radius 2 is 2.44 bits per heavy atom. The van der Waals surface area contributed by atoms with E-state index in [2.05, 4.69) is 10.3 Å². The van der Waals surface area contributed by atoms with Crippen molar-refractivity contribution in [3.05, 3.63) is 24.0 Å². The maximum atomic E-state index is 11.6. The number of anilines is 1. The van der Waals surface area contributed by atoms with E-state index in [1.54, 1.807) is 12.1 Å². The fourth-order valence-electron chi connectivity index (χ4n) is 1.24. The third-order valence-corrected chi connectivity index (χ3v) is 2.02. The fraction of sp³-hybridized carbons (Fsp3) is 0.455. The van der Waals surface area contributed by atoms with Crippen LogP contribution in [0, 0.1) is 0 Å². The molecule has 0 aromatic carbocycles. The molecule has 5 heteroatoms. The predicted octanol–water partition coefficient (Wildman–Crippen LogP) is 0.819. The van der Waals surface area contributed by atoms with Crippen LogP contribution in [0.5, 0.6) is 0 Å². The summed E-state index contributed by atoms with van der Waals surface area (Å²) in [4.78, 5) is 15.6. The van der Waals surface area contributed by atoms with Gasteiger partial charge < -0.3 is 15.8 Å². The quantitative estimate of drug-likeness (QED) is 0.774. The Morgan fingerprint density at radius 3 is 3.06 bits per heavy atom. The lowest BCUT2D eigenvalue weighted by atomic mass is 10.3. The van der Waals surface area contributed by atoms with Crippen molar-refractivity contribution in [2.24, 2.45) is 0 Å². The minimum Gasteiger partial charge on any atom is -0.399 e. The van der Waals surface area contributed by atoms with Gasteiger partial charge in [0.2, 0.25) is 0 Å². The van der Waals surface area contributed by atoms with Gasteiger partial charge >= 0.3 is 0 Å². The second-order valence-electron chi connectivity index (χ2n) is 3.45. The smallest absolute Gasteiger partial charge is 0.270 e. The van der Waals surface area contributed by atoms with Crippen molar-refractivity contribution in [3.8, 4) is 0 Å². The standard InChI is InChI=1S/C11H17N3O2/c1-3-16-8(2)7-14-11(15)10-6-9(12)4-5-13-10/h4-6,8H,3,7H2,1-2H3,(H2,12,13)(H,14,15). The first kappa shape index (κ1) is 12.4. The van der Waals surface area contributed by atoms with Gasteiger partial charge in [-0.3, -0.25) is 9.78 Å². The third-order valence-electron chi connectivity index (χ3n) is 2.02. The second kappa shape index (κ2) is 6.07. The van der Waals surface area contributed by atoms with Crippen LogP contribution in [0.2, 0.25) is 0 Å². The molecule has 0 saturated heterocycles. The van der Waals surface area contributed by atoms with Gasteiger partial charge in [-0.1, -0.05) is 0 Å². The molecule has 16 heavy (non-hydrogen) atoms. The maximum Gasteiger partial charge on any atom is 0.270 e. The van der Waals surface area contributed by atoms with Crippen LogP contribution in [0.25, 0.3) is 0 Å². The van der Waals surface area contributed by atoms with Crippen LogP contribution < -0.4 is 11.1 Å². The van der Waals surface area contributed by atoms with Crippen molar-refractivity contribution in [1.82, 2.24) is 10.3 Å². The van der Waals surface area contributed by atoms with Crippen molar-refractivity contribution in [2.45, 2.75) is 20.0 Å². The number of aromatic nitrogens is 1. The molecule has 5 nitrogen and oxygen atoms in total. The number of nitrogens with zero attached hydrogens (tertiary/aromatic N) is 1. The number of amides is 1. The van der Waals surface area contributed by atoms with Gasteiger partial charge in [-0.25, -0.2) is 0 Å². The molecule has 1 aromatic rings. The monoisotopic (exact) mass is 223 g/mol. The highest BCUT2D eigenvalue weighted by molar-refractivity contribution is 5.92. The van der Waals surface area contributed by atoms with E-state index >= 15 is 0 Å². The van der Waals surface area contributed by atoms with E-state index in [-0.39, 0.29) is 12.0 Å². The highest BCUT2D eigenvalue weighted by Gasteiger charge is 2.08. The molecule has 1 unspecified atom stereocenters. The second-order valence-corrected chi connectivity index (χ2v) is 3.45. The van der Waals surface area contributed by atoms with E-state index in [1.807, 2.05) is 13.8 Å². The predicted molar refractivity (Wildman–Crippen MR) is 62.1 cm³/mol. The van der Waals surface area contributed by atoms with Gasteiger partial charge in [-0.2, -0.15) is 0 Å². The van der Waals surface area contributed by atoms with Crippen LogP contribution in [-0.4, -0.2) is 30.1 Å². The van der Waals surface area contributed by atoms with Crippen LogP contribution in [-0.2, 0) is 4.74 Å². The number of pyridine rings is 1. The minimum atomic E-state index is -0.237. The van der Waals surface area contributed by atoms with Gasteiger partial charge in [-0.05, 0) is 26.0 Å². The molecule has 0 aliphatic heterocycles. The van der Waals surface area contributed by atoms with Gasteiger partial charge in [0.05, 0.1) is 6.10 Å². The number of carbonyl (C=O) groups excluding carboxylic acids is 1. The summed E-state index contributed by atoms with van der Waals surface area (Å²) in [7, 11) is 0. The van der Waals surface area contributed by atoms with Crippen molar-refractivity contribution in [1.29, 1.82) is 0 Å². The topological polar surface area (TPSA) is 77.2 Å². The molecule has 0 spiro atoms. The molecular formula is C11H17N3O2. The molecule has 0 aliphatic rings. The summed E-state index contributed by atoms with van der Waals surface area (Å²) < 4.78 is 5.29. The number of hydrogen-bond acceptors (Lipinski definition) is 4. The Morgan fingerprint density at radius 1 is 1.69 bits per heavy atom. The van der Waals surface area contributed by atoms with Gasteiger partial charge in [0.15, 0.2) is 0 Å². The van der Waals surface area contributed by atoms with Crippen LogP contribution in [0.1, 0.15) is 24.3 Å². The molecule has 88 valence electrons. The third kappa shape index (κ3) is 3.86. The molecular weight excluding hydrogens is 206 g/mol. The number of nitrogen functional groups attached to an aromatic ring is 1. The van der Waals surface area contributed by atoms with Gasteiger partial charge in [0.1, 0.15) is 5.69 Å². The Bertz CT molecular complexity index is 355. The van der Waals surface area contributed by atoms with Gasteiger partial charge in [0, 0.05) is 25.0 Å². The summed E-state index contributed by atoms with van der Waals surface area (Å²) in [6.45, 7) is 4.91. The largest absolute Gasteiger partial charge is 0.399 e. The maximum absolute atomic E-state index is 11.6. The van der Waals surface area contributed by atoms with Gasteiger partial charge in [0.25, 0.3) is 5.91 Å². The molecule has 1 heterocycles.